The first-order valence-corrected chi connectivity index (χ1v) is 13.7. The number of nitrogens with zero attached hydrogens (tertiary/aromatic N) is 5. The van der Waals surface area contributed by atoms with E-state index < -0.39 is 17.7 Å². The normalized spacial score (nSPS) is 22.0. The van der Waals surface area contributed by atoms with Crippen molar-refractivity contribution in [2.45, 2.75) is 64.8 Å². The molecule has 2 aliphatic rings. The van der Waals surface area contributed by atoms with E-state index in [1.807, 2.05) is 18.4 Å². The van der Waals surface area contributed by atoms with Crippen molar-refractivity contribution in [3.63, 3.8) is 0 Å². The number of halogens is 2. The first kappa shape index (κ1) is 28.1. The van der Waals surface area contributed by atoms with Crippen LogP contribution in [0.5, 0.6) is 0 Å². The van der Waals surface area contributed by atoms with Gasteiger partial charge < -0.3 is 19.7 Å². The van der Waals surface area contributed by atoms with Gasteiger partial charge >= 0.3 is 0 Å². The van der Waals surface area contributed by atoms with Gasteiger partial charge in [-0.05, 0) is 58.7 Å². The number of ether oxygens (including phenoxy) is 1. The third-order valence-corrected chi connectivity index (χ3v) is 7.87. The standard InChI is InChI=1S/C29H34F2N6O3/c1-16(2)37-24-10-19(27-22(31)12-33-29(35-27)34-23-6-8-40-15-26(23)38)21(30)9-20(24)28(39)17(3)25(37)14-36-7-4-5-18(11-32)13-36/h9-10,12,16,18,23,26,38H,4-8,13-15H2,1-3H3,(H,33,34,35)/t18-,23-,26-/m1/s1. The number of fused-ring (bicyclic) bond motifs is 1. The molecule has 0 amide bonds. The largest absolute Gasteiger partial charge is 0.389 e. The molecule has 3 atom stereocenters. The molecule has 0 bridgehead atoms. The van der Waals surface area contributed by atoms with Gasteiger partial charge in [-0.1, -0.05) is 0 Å². The zero-order valence-electron chi connectivity index (χ0n) is 23.0. The number of nitrogens with one attached hydrogen (secondary N) is 1. The number of hydrogen-bond acceptors (Lipinski definition) is 8. The molecule has 2 aromatic heterocycles. The quantitative estimate of drug-likeness (QED) is 0.473. The number of benzene rings is 1. The average Bonchev–Trinajstić information content (AvgIpc) is 2.94. The lowest BCUT2D eigenvalue weighted by atomic mass is 9.98. The van der Waals surface area contributed by atoms with Crippen molar-refractivity contribution >= 4 is 16.9 Å². The number of aromatic nitrogens is 3. The number of piperidine rings is 1. The van der Waals surface area contributed by atoms with E-state index >= 15 is 8.78 Å². The highest BCUT2D eigenvalue weighted by Crippen LogP contribution is 2.31. The van der Waals surface area contributed by atoms with E-state index in [-0.39, 0.29) is 52.6 Å². The summed E-state index contributed by atoms with van der Waals surface area (Å²) in [6.45, 7) is 8.25. The van der Waals surface area contributed by atoms with Gasteiger partial charge in [0.25, 0.3) is 0 Å². The molecular weight excluding hydrogens is 518 g/mol. The molecule has 2 saturated heterocycles. The Labute approximate surface area is 231 Å². The molecule has 2 aliphatic heterocycles. The minimum absolute atomic E-state index is 0.0553. The zero-order chi connectivity index (χ0) is 28.6. The van der Waals surface area contributed by atoms with Crippen LogP contribution >= 0.6 is 0 Å². The van der Waals surface area contributed by atoms with Crippen LogP contribution in [0, 0.1) is 35.8 Å². The highest BCUT2D eigenvalue weighted by molar-refractivity contribution is 5.85. The molecule has 2 fully saturated rings. The maximum absolute atomic E-state index is 15.5. The van der Waals surface area contributed by atoms with Crippen molar-refractivity contribution in [1.29, 1.82) is 5.26 Å². The third-order valence-electron chi connectivity index (χ3n) is 7.87. The molecule has 11 heteroatoms. The molecule has 40 heavy (non-hydrogen) atoms. The monoisotopic (exact) mass is 552 g/mol. The van der Waals surface area contributed by atoms with Crippen LogP contribution in [0.25, 0.3) is 22.2 Å². The summed E-state index contributed by atoms with van der Waals surface area (Å²) in [6.07, 6.45) is 2.46. The smallest absolute Gasteiger partial charge is 0.223 e. The fourth-order valence-corrected chi connectivity index (χ4v) is 5.77. The van der Waals surface area contributed by atoms with Gasteiger partial charge in [0.1, 0.15) is 11.5 Å². The second-order valence-corrected chi connectivity index (χ2v) is 11.0. The number of pyridine rings is 1. The summed E-state index contributed by atoms with van der Waals surface area (Å²) in [4.78, 5) is 23.9. The predicted molar refractivity (Wildman–Crippen MR) is 147 cm³/mol. The highest BCUT2D eigenvalue weighted by atomic mass is 19.1. The maximum Gasteiger partial charge on any atom is 0.223 e. The van der Waals surface area contributed by atoms with Gasteiger partial charge in [0.15, 0.2) is 11.2 Å². The minimum atomic E-state index is -0.807. The maximum atomic E-state index is 15.5. The van der Waals surface area contributed by atoms with Crippen LogP contribution in [0.3, 0.4) is 0 Å². The fraction of sp³-hybridized carbons (Fsp3) is 0.517. The molecule has 5 rings (SSSR count). The molecule has 9 nitrogen and oxygen atoms in total. The second kappa shape index (κ2) is 11.6. The minimum Gasteiger partial charge on any atom is -0.389 e. The summed E-state index contributed by atoms with van der Waals surface area (Å²) < 4.78 is 37.9. The van der Waals surface area contributed by atoms with Crippen LogP contribution < -0.4 is 10.7 Å². The molecule has 2 N–H and O–H groups in total. The SMILES string of the molecule is Cc1c(CN2CCC[C@H](C#N)C2)n(C(C)C)c2cc(-c3nc(N[C@@H]4CCOC[C@H]4O)ncc3F)c(F)cc2c1=O. The number of anilines is 1. The average molecular weight is 553 g/mol. The molecular formula is C29H34F2N6O3. The Kier molecular flexibility index (Phi) is 8.12. The van der Waals surface area contributed by atoms with Gasteiger partial charge in [0.05, 0.1) is 42.5 Å². The van der Waals surface area contributed by atoms with E-state index in [2.05, 4.69) is 26.3 Å². The first-order valence-electron chi connectivity index (χ1n) is 13.7. The Bertz CT molecular complexity index is 1520. The van der Waals surface area contributed by atoms with Crippen molar-refractivity contribution in [1.82, 2.24) is 19.4 Å². The predicted octanol–water partition coefficient (Wildman–Crippen LogP) is 3.92. The van der Waals surface area contributed by atoms with E-state index in [9.17, 15) is 15.2 Å². The Hall–Kier alpha value is -3.46. The van der Waals surface area contributed by atoms with Gasteiger partial charge in [-0.2, -0.15) is 5.26 Å². The molecule has 0 spiro atoms. The van der Waals surface area contributed by atoms with E-state index in [1.54, 1.807) is 6.92 Å². The molecule has 212 valence electrons. The molecule has 0 radical (unpaired) electrons. The van der Waals surface area contributed by atoms with Gasteiger partial charge in [0.2, 0.25) is 5.95 Å². The van der Waals surface area contributed by atoms with Crippen LogP contribution in [-0.2, 0) is 11.3 Å². The summed E-state index contributed by atoms with van der Waals surface area (Å²) in [5, 5.41) is 22.9. The topological polar surface area (TPSA) is 116 Å². The van der Waals surface area contributed by atoms with Crippen LogP contribution in [0.4, 0.5) is 14.7 Å². The van der Waals surface area contributed by atoms with Gasteiger partial charge in [-0.3, -0.25) is 9.69 Å². The van der Waals surface area contributed by atoms with Crippen molar-refractivity contribution in [3.8, 4) is 17.3 Å². The van der Waals surface area contributed by atoms with Gasteiger partial charge in [0, 0.05) is 47.9 Å². The van der Waals surface area contributed by atoms with Crippen LogP contribution in [0.15, 0.2) is 23.1 Å². The van der Waals surface area contributed by atoms with Crippen molar-refractivity contribution in [3.05, 3.63) is 51.4 Å². The lowest BCUT2D eigenvalue weighted by molar-refractivity contribution is -0.0136. The van der Waals surface area contributed by atoms with Crippen LogP contribution in [0.2, 0.25) is 0 Å². The molecule has 0 unspecified atom stereocenters. The van der Waals surface area contributed by atoms with Crippen molar-refractivity contribution in [2.75, 3.05) is 31.6 Å². The summed E-state index contributed by atoms with van der Waals surface area (Å²) in [6, 6.07) is 4.53. The number of rotatable bonds is 6. The number of aliphatic hydroxyl groups excluding tert-OH is 1. The number of nitriles is 1. The summed E-state index contributed by atoms with van der Waals surface area (Å²) >= 11 is 0. The first-order chi connectivity index (χ1) is 19.2. The summed E-state index contributed by atoms with van der Waals surface area (Å²) in [7, 11) is 0. The fourth-order valence-electron chi connectivity index (χ4n) is 5.77. The van der Waals surface area contributed by atoms with E-state index in [0.717, 1.165) is 37.3 Å². The lowest BCUT2D eigenvalue weighted by Gasteiger charge is -2.32. The molecule has 1 aromatic carbocycles. The second-order valence-electron chi connectivity index (χ2n) is 11.0. The Balaban J connectivity index is 1.60. The number of likely N-dealkylation sites (tertiary alicyclic amines) is 1. The van der Waals surface area contributed by atoms with Crippen molar-refractivity contribution in [2.24, 2.45) is 5.92 Å². The summed E-state index contributed by atoms with van der Waals surface area (Å²) in [5.74, 6) is -1.57. The highest BCUT2D eigenvalue weighted by Gasteiger charge is 2.27. The third kappa shape index (κ3) is 5.44. The number of aliphatic hydroxyl groups is 1. The Morgan fingerprint density at radius 3 is 2.80 bits per heavy atom. The van der Waals surface area contributed by atoms with Crippen LogP contribution in [0.1, 0.15) is 50.4 Å². The Morgan fingerprint density at radius 1 is 1.27 bits per heavy atom. The zero-order valence-corrected chi connectivity index (χ0v) is 23.0. The lowest BCUT2D eigenvalue weighted by Crippen LogP contribution is -2.42. The molecule has 0 saturated carbocycles. The van der Waals surface area contributed by atoms with E-state index in [0.29, 0.717) is 37.2 Å². The van der Waals surface area contributed by atoms with Crippen LogP contribution in [-0.4, -0.2) is 63.0 Å². The van der Waals surface area contributed by atoms with Gasteiger partial charge in [-0.15, -0.1) is 0 Å². The number of hydrogen-bond donors (Lipinski definition) is 2. The van der Waals surface area contributed by atoms with E-state index in [1.165, 1.54) is 6.07 Å². The molecule has 3 aromatic rings. The Morgan fingerprint density at radius 2 is 2.08 bits per heavy atom. The molecule has 0 aliphatic carbocycles. The van der Waals surface area contributed by atoms with E-state index in [4.69, 9.17) is 4.74 Å². The molecule has 4 heterocycles. The van der Waals surface area contributed by atoms with Gasteiger partial charge in [-0.25, -0.2) is 18.7 Å². The van der Waals surface area contributed by atoms with Crippen molar-refractivity contribution < 1.29 is 18.6 Å². The summed E-state index contributed by atoms with van der Waals surface area (Å²) in [5.41, 5.74) is 1.20.